The highest BCUT2D eigenvalue weighted by Gasteiger charge is 2.28. The fraction of sp³-hybridized carbons (Fsp3) is 0.588. The topological polar surface area (TPSA) is 15.0 Å². The Balaban J connectivity index is 0.00000200. The molecule has 20 heavy (non-hydrogen) atoms. The molecule has 0 radical (unpaired) electrons. The minimum atomic E-state index is 0. The maximum Gasteiger partial charge on any atom is 0.277 e. The van der Waals surface area contributed by atoms with Gasteiger partial charge in [-0.1, -0.05) is 25.1 Å². The molecule has 1 aliphatic rings. The molecule has 2 rings (SSSR count). The first kappa shape index (κ1) is 17.2. The highest BCUT2D eigenvalue weighted by molar-refractivity contribution is 5.95. The van der Waals surface area contributed by atoms with Crippen LogP contribution in [-0.4, -0.2) is 29.0 Å². The average Bonchev–Trinajstić information content (AvgIpc) is 2.43. The summed E-state index contributed by atoms with van der Waals surface area (Å²) < 4.78 is 2.59. The summed E-state index contributed by atoms with van der Waals surface area (Å²) in [5.41, 5.74) is 1.32. The number of benzene rings is 1. The van der Waals surface area contributed by atoms with Gasteiger partial charge in [-0.3, -0.25) is 9.89 Å². The van der Waals surface area contributed by atoms with E-state index in [0.29, 0.717) is 12.1 Å². The smallest absolute Gasteiger partial charge is 0.277 e. The summed E-state index contributed by atoms with van der Waals surface area (Å²) in [5.74, 6) is 1.32. The van der Waals surface area contributed by atoms with Crippen molar-refractivity contribution in [2.24, 2.45) is 0 Å². The van der Waals surface area contributed by atoms with Crippen molar-refractivity contribution < 1.29 is 21.6 Å². The van der Waals surface area contributed by atoms with E-state index in [1.807, 2.05) is 0 Å². The van der Waals surface area contributed by atoms with Crippen molar-refractivity contribution in [3.05, 3.63) is 35.9 Å². The second kappa shape index (κ2) is 8.46. The van der Waals surface area contributed by atoms with Gasteiger partial charge in [0.2, 0.25) is 0 Å². The molecule has 1 aromatic rings. The van der Waals surface area contributed by atoms with Gasteiger partial charge in [0.1, 0.15) is 0 Å². The SMILES string of the molecule is CCCNC(c1ccccc1)=[N+]1C(C)CCCC1C.[Br-]. The third-order valence-corrected chi connectivity index (χ3v) is 4.04. The normalized spacial score (nSPS) is 22.1. The maximum atomic E-state index is 3.66. The van der Waals surface area contributed by atoms with Crippen molar-refractivity contribution in [2.75, 3.05) is 6.54 Å². The first-order chi connectivity index (χ1) is 9.24. The van der Waals surface area contributed by atoms with Gasteiger partial charge in [-0.05, 0) is 51.7 Å². The van der Waals surface area contributed by atoms with Crippen LogP contribution in [0.25, 0.3) is 0 Å². The lowest BCUT2D eigenvalue weighted by atomic mass is 9.98. The van der Waals surface area contributed by atoms with Crippen LogP contribution < -0.4 is 22.3 Å². The number of halogens is 1. The van der Waals surface area contributed by atoms with Crippen LogP contribution >= 0.6 is 0 Å². The fourth-order valence-electron chi connectivity index (χ4n) is 3.04. The van der Waals surface area contributed by atoms with E-state index in [4.69, 9.17) is 0 Å². The van der Waals surface area contributed by atoms with Gasteiger partial charge >= 0.3 is 0 Å². The molecule has 0 amide bonds. The first-order valence-electron chi connectivity index (χ1n) is 7.68. The lowest BCUT2D eigenvalue weighted by Gasteiger charge is -2.29. The zero-order valence-electron chi connectivity index (χ0n) is 12.9. The molecule has 0 bridgehead atoms. The van der Waals surface area contributed by atoms with Crippen molar-refractivity contribution >= 4 is 5.84 Å². The van der Waals surface area contributed by atoms with E-state index in [0.717, 1.165) is 13.0 Å². The molecule has 0 aliphatic carbocycles. The Kier molecular flexibility index (Phi) is 7.28. The maximum absolute atomic E-state index is 3.66. The number of nitrogens with zero attached hydrogens (tertiary/aromatic N) is 1. The largest absolute Gasteiger partial charge is 1.00 e. The Hall–Kier alpha value is -0.830. The first-order valence-corrected chi connectivity index (χ1v) is 7.68. The highest BCUT2D eigenvalue weighted by atomic mass is 79.9. The minimum Gasteiger partial charge on any atom is -1.00 e. The van der Waals surface area contributed by atoms with Crippen LogP contribution in [0.5, 0.6) is 0 Å². The predicted molar refractivity (Wildman–Crippen MR) is 81.9 cm³/mol. The molecule has 1 saturated heterocycles. The number of piperidine rings is 1. The van der Waals surface area contributed by atoms with Crippen LogP contribution in [0.2, 0.25) is 0 Å². The molecule has 0 saturated carbocycles. The monoisotopic (exact) mass is 338 g/mol. The minimum absolute atomic E-state index is 0. The molecule has 2 unspecified atom stereocenters. The molecule has 0 aromatic heterocycles. The fourth-order valence-corrected chi connectivity index (χ4v) is 3.04. The van der Waals surface area contributed by atoms with Gasteiger partial charge in [0, 0.05) is 0 Å². The molecule has 1 heterocycles. The van der Waals surface area contributed by atoms with Gasteiger partial charge < -0.3 is 17.0 Å². The zero-order chi connectivity index (χ0) is 13.7. The Morgan fingerprint density at radius 2 is 1.75 bits per heavy atom. The number of hydrogen-bond acceptors (Lipinski definition) is 0. The Morgan fingerprint density at radius 3 is 2.30 bits per heavy atom. The van der Waals surface area contributed by atoms with E-state index in [2.05, 4.69) is 61.0 Å². The van der Waals surface area contributed by atoms with Gasteiger partial charge in [-0.25, -0.2) is 0 Å². The standard InChI is InChI=1S/C17H26N2.BrH/c1-4-13-18-17(16-11-6-5-7-12-16)19-14(2)9-8-10-15(19)3;/h5-7,11-12,14-15H,4,8-10,13H2,1-3H3;1H. The van der Waals surface area contributed by atoms with E-state index in [1.54, 1.807) is 0 Å². The predicted octanol–water partition coefficient (Wildman–Crippen LogP) is 0.410. The lowest BCUT2D eigenvalue weighted by Crippen LogP contribution is -3.00. The summed E-state index contributed by atoms with van der Waals surface area (Å²) >= 11 is 0. The Morgan fingerprint density at radius 1 is 1.15 bits per heavy atom. The average molecular weight is 339 g/mol. The third kappa shape index (κ3) is 4.08. The lowest BCUT2D eigenvalue weighted by molar-refractivity contribution is -0.606. The molecule has 3 heteroatoms. The van der Waals surface area contributed by atoms with Crippen molar-refractivity contribution in [3.8, 4) is 0 Å². The summed E-state index contributed by atoms with van der Waals surface area (Å²) in [6.07, 6.45) is 5.12. The van der Waals surface area contributed by atoms with E-state index >= 15 is 0 Å². The van der Waals surface area contributed by atoms with E-state index in [-0.39, 0.29) is 17.0 Å². The summed E-state index contributed by atoms with van der Waals surface area (Å²) in [6.45, 7) is 7.97. The van der Waals surface area contributed by atoms with Crippen LogP contribution in [0.4, 0.5) is 0 Å². The Labute approximate surface area is 134 Å². The van der Waals surface area contributed by atoms with E-state index in [1.165, 1.54) is 30.7 Å². The Bertz CT molecular complexity index is 416. The van der Waals surface area contributed by atoms with Crippen molar-refractivity contribution in [2.45, 2.75) is 58.5 Å². The second-order valence-electron chi connectivity index (χ2n) is 5.68. The van der Waals surface area contributed by atoms with Crippen molar-refractivity contribution in [1.29, 1.82) is 0 Å². The van der Waals surface area contributed by atoms with Crippen molar-refractivity contribution in [3.63, 3.8) is 0 Å². The quantitative estimate of drug-likeness (QED) is 0.623. The van der Waals surface area contributed by atoms with Gasteiger partial charge in [0.25, 0.3) is 5.84 Å². The second-order valence-corrected chi connectivity index (χ2v) is 5.68. The van der Waals surface area contributed by atoms with E-state index < -0.39 is 0 Å². The molecule has 1 aromatic carbocycles. The zero-order valence-corrected chi connectivity index (χ0v) is 14.5. The molecule has 2 atom stereocenters. The van der Waals surface area contributed by atoms with Crippen LogP contribution in [0.1, 0.15) is 52.0 Å². The molecule has 112 valence electrons. The summed E-state index contributed by atoms with van der Waals surface area (Å²) in [6, 6.07) is 12.0. The van der Waals surface area contributed by atoms with E-state index in [9.17, 15) is 0 Å². The summed E-state index contributed by atoms with van der Waals surface area (Å²) in [5, 5.41) is 3.66. The number of amidine groups is 1. The third-order valence-electron chi connectivity index (χ3n) is 4.04. The van der Waals surface area contributed by atoms with Crippen LogP contribution in [0.3, 0.4) is 0 Å². The number of rotatable bonds is 3. The summed E-state index contributed by atoms with van der Waals surface area (Å²) in [7, 11) is 0. The van der Waals surface area contributed by atoms with Gasteiger partial charge in [-0.2, -0.15) is 0 Å². The highest BCUT2D eigenvalue weighted by Crippen LogP contribution is 2.19. The van der Waals surface area contributed by atoms with Crippen LogP contribution in [0.15, 0.2) is 30.3 Å². The molecule has 0 spiro atoms. The van der Waals surface area contributed by atoms with Gasteiger partial charge in [0.15, 0.2) is 0 Å². The van der Waals surface area contributed by atoms with Gasteiger partial charge in [-0.15, -0.1) is 0 Å². The number of hydrogen-bond donors (Lipinski definition) is 1. The molecule has 1 N–H and O–H groups in total. The van der Waals surface area contributed by atoms with Crippen LogP contribution in [0, 0.1) is 0 Å². The van der Waals surface area contributed by atoms with Crippen molar-refractivity contribution in [1.82, 2.24) is 5.32 Å². The summed E-state index contributed by atoms with van der Waals surface area (Å²) in [4.78, 5) is 0. The molecule has 2 nitrogen and oxygen atoms in total. The van der Waals surface area contributed by atoms with Gasteiger partial charge in [0.05, 0.1) is 24.2 Å². The number of nitrogens with one attached hydrogen (secondary N) is 1. The molecular weight excluding hydrogens is 312 g/mol. The molecular formula is C17H27BrN2. The van der Waals surface area contributed by atoms with Crippen LogP contribution in [-0.2, 0) is 0 Å². The molecule has 1 aliphatic heterocycles. The molecule has 1 fully saturated rings.